The van der Waals surface area contributed by atoms with Gasteiger partial charge >= 0.3 is 0 Å². The summed E-state index contributed by atoms with van der Waals surface area (Å²) in [4.78, 5) is 4.81. The van der Waals surface area contributed by atoms with Gasteiger partial charge < -0.3 is 4.84 Å². The Kier molecular flexibility index (Phi) is 2.57. The maximum atomic E-state index is 5.17. The van der Waals surface area contributed by atoms with Crippen LogP contribution >= 0.6 is 0 Å². The van der Waals surface area contributed by atoms with E-state index in [4.69, 9.17) is 10.7 Å². The van der Waals surface area contributed by atoms with Crippen molar-refractivity contribution in [2.24, 2.45) is 11.3 Å². The maximum absolute atomic E-state index is 5.17. The van der Waals surface area contributed by atoms with Crippen LogP contribution in [0.2, 0.25) is 0 Å². The molecule has 14 heavy (non-hydrogen) atoms. The van der Waals surface area contributed by atoms with E-state index in [-0.39, 0.29) is 0 Å². The molecule has 2 rings (SSSR count). The molecule has 1 unspecified atom stereocenters. The second kappa shape index (κ2) is 3.71. The fourth-order valence-electron chi connectivity index (χ4n) is 2.12. The summed E-state index contributed by atoms with van der Waals surface area (Å²) in [6.07, 6.45) is 2.47. The lowest BCUT2D eigenvalue weighted by Gasteiger charge is -2.22. The fourth-order valence-corrected chi connectivity index (χ4v) is 2.12. The highest BCUT2D eigenvalue weighted by atomic mass is 16.6. The molecule has 0 spiro atoms. The van der Waals surface area contributed by atoms with Crippen LogP contribution in [0.1, 0.15) is 31.2 Å². The minimum atomic E-state index is 0.316. The Morgan fingerprint density at radius 2 is 2.00 bits per heavy atom. The normalized spacial score (nSPS) is 20.4. The number of benzene rings is 1. The molecule has 0 aliphatic heterocycles. The van der Waals surface area contributed by atoms with E-state index in [1.165, 1.54) is 18.4 Å². The highest BCUT2D eigenvalue weighted by Crippen LogP contribution is 2.55. The van der Waals surface area contributed by atoms with E-state index < -0.39 is 0 Å². The van der Waals surface area contributed by atoms with Gasteiger partial charge in [-0.1, -0.05) is 37.3 Å². The van der Waals surface area contributed by atoms with E-state index in [1.807, 2.05) is 0 Å². The molecule has 1 fully saturated rings. The van der Waals surface area contributed by atoms with Crippen LogP contribution in [0.15, 0.2) is 30.3 Å². The molecule has 0 bridgehead atoms. The summed E-state index contributed by atoms with van der Waals surface area (Å²) in [5.74, 6) is 5.72. The molecule has 1 saturated carbocycles. The van der Waals surface area contributed by atoms with Crippen LogP contribution in [-0.2, 0) is 4.84 Å². The highest BCUT2D eigenvalue weighted by molar-refractivity contribution is 5.23. The Morgan fingerprint density at radius 3 is 2.50 bits per heavy atom. The summed E-state index contributed by atoms with van der Waals surface area (Å²) in [6, 6.07) is 10.6. The van der Waals surface area contributed by atoms with Crippen LogP contribution in [0.4, 0.5) is 0 Å². The SMILES string of the molecule is CC(c1ccccc1)C1(CON)CC1. The van der Waals surface area contributed by atoms with E-state index >= 15 is 0 Å². The molecule has 1 aliphatic carbocycles. The van der Waals surface area contributed by atoms with Crippen LogP contribution in [-0.4, -0.2) is 6.61 Å². The van der Waals surface area contributed by atoms with Gasteiger partial charge in [-0.25, -0.2) is 5.90 Å². The minimum absolute atomic E-state index is 0.316. The molecule has 0 saturated heterocycles. The van der Waals surface area contributed by atoms with Crippen LogP contribution < -0.4 is 5.90 Å². The second-order valence-corrected chi connectivity index (χ2v) is 4.31. The standard InChI is InChI=1S/C12H17NO/c1-10(11-5-3-2-4-6-11)12(7-8-12)9-14-13/h2-6,10H,7-9,13H2,1H3. The average molecular weight is 191 g/mol. The number of nitrogens with two attached hydrogens (primary N) is 1. The smallest absolute Gasteiger partial charge is 0.0741 e. The second-order valence-electron chi connectivity index (χ2n) is 4.31. The van der Waals surface area contributed by atoms with Gasteiger partial charge in [0.05, 0.1) is 6.61 Å². The summed E-state index contributed by atoms with van der Waals surface area (Å²) in [7, 11) is 0. The van der Waals surface area contributed by atoms with Crippen molar-refractivity contribution in [1.29, 1.82) is 0 Å². The zero-order valence-corrected chi connectivity index (χ0v) is 8.57. The van der Waals surface area contributed by atoms with Crippen molar-refractivity contribution in [2.75, 3.05) is 6.61 Å². The van der Waals surface area contributed by atoms with Gasteiger partial charge in [-0.15, -0.1) is 0 Å². The van der Waals surface area contributed by atoms with E-state index in [9.17, 15) is 0 Å². The van der Waals surface area contributed by atoms with Crippen LogP contribution in [0.5, 0.6) is 0 Å². The van der Waals surface area contributed by atoms with E-state index in [0.29, 0.717) is 17.9 Å². The fraction of sp³-hybridized carbons (Fsp3) is 0.500. The van der Waals surface area contributed by atoms with Crippen LogP contribution in [0.3, 0.4) is 0 Å². The molecule has 1 atom stereocenters. The lowest BCUT2D eigenvalue weighted by atomic mass is 9.85. The van der Waals surface area contributed by atoms with Gasteiger partial charge in [-0.2, -0.15) is 0 Å². The topological polar surface area (TPSA) is 35.2 Å². The lowest BCUT2D eigenvalue weighted by molar-refractivity contribution is 0.0822. The van der Waals surface area contributed by atoms with E-state index in [0.717, 1.165) is 0 Å². The maximum Gasteiger partial charge on any atom is 0.0741 e. The van der Waals surface area contributed by atoms with Crippen LogP contribution in [0.25, 0.3) is 0 Å². The van der Waals surface area contributed by atoms with Crippen molar-refractivity contribution in [3.05, 3.63) is 35.9 Å². The lowest BCUT2D eigenvalue weighted by Crippen LogP contribution is -2.20. The van der Waals surface area contributed by atoms with Gasteiger partial charge in [-0.05, 0) is 24.3 Å². The van der Waals surface area contributed by atoms with E-state index in [1.54, 1.807) is 0 Å². The molecule has 2 N–H and O–H groups in total. The predicted molar refractivity (Wildman–Crippen MR) is 56.7 cm³/mol. The van der Waals surface area contributed by atoms with Crippen molar-refractivity contribution in [3.63, 3.8) is 0 Å². The zero-order valence-electron chi connectivity index (χ0n) is 8.57. The van der Waals surface area contributed by atoms with E-state index in [2.05, 4.69) is 37.3 Å². The Bertz CT molecular complexity index is 292. The predicted octanol–water partition coefficient (Wildman–Crippen LogP) is 2.46. The molecule has 0 radical (unpaired) electrons. The molecular weight excluding hydrogens is 174 g/mol. The molecule has 0 heterocycles. The molecule has 2 nitrogen and oxygen atoms in total. The molecule has 0 amide bonds. The average Bonchev–Trinajstić information content (AvgIpc) is 3.00. The van der Waals surface area contributed by atoms with Gasteiger partial charge in [0.15, 0.2) is 0 Å². The highest BCUT2D eigenvalue weighted by Gasteiger charge is 2.47. The molecular formula is C12H17NO. The molecule has 1 aliphatic rings. The first-order chi connectivity index (χ1) is 6.78. The van der Waals surface area contributed by atoms with Gasteiger partial charge in [0.25, 0.3) is 0 Å². The number of hydrogen-bond donors (Lipinski definition) is 1. The summed E-state index contributed by atoms with van der Waals surface area (Å²) in [5.41, 5.74) is 1.71. The Morgan fingerprint density at radius 1 is 1.36 bits per heavy atom. The third kappa shape index (κ3) is 1.68. The van der Waals surface area contributed by atoms with Crippen molar-refractivity contribution >= 4 is 0 Å². The first-order valence-corrected chi connectivity index (χ1v) is 5.15. The summed E-state index contributed by atoms with van der Waals surface area (Å²) in [6.45, 7) is 2.95. The summed E-state index contributed by atoms with van der Waals surface area (Å²) in [5, 5.41) is 0. The van der Waals surface area contributed by atoms with Gasteiger partial charge in [0.2, 0.25) is 0 Å². The third-order valence-corrected chi connectivity index (χ3v) is 3.48. The number of rotatable bonds is 4. The van der Waals surface area contributed by atoms with Crippen LogP contribution in [0, 0.1) is 5.41 Å². The first-order valence-electron chi connectivity index (χ1n) is 5.15. The minimum Gasteiger partial charge on any atom is -0.304 e. The first kappa shape index (κ1) is 9.69. The molecule has 1 aromatic rings. The van der Waals surface area contributed by atoms with Gasteiger partial charge in [0.1, 0.15) is 0 Å². The zero-order chi connectivity index (χ0) is 10.0. The Balaban J connectivity index is 2.12. The molecule has 0 aromatic heterocycles. The molecule has 2 heteroatoms. The van der Waals surface area contributed by atoms with Crippen molar-refractivity contribution in [2.45, 2.75) is 25.7 Å². The van der Waals surface area contributed by atoms with Crippen molar-refractivity contribution in [1.82, 2.24) is 0 Å². The summed E-state index contributed by atoms with van der Waals surface area (Å²) < 4.78 is 0. The quantitative estimate of drug-likeness (QED) is 0.742. The monoisotopic (exact) mass is 191 g/mol. The van der Waals surface area contributed by atoms with Crippen molar-refractivity contribution < 1.29 is 4.84 Å². The van der Waals surface area contributed by atoms with Gasteiger partial charge in [0, 0.05) is 5.41 Å². The van der Waals surface area contributed by atoms with Crippen molar-refractivity contribution in [3.8, 4) is 0 Å². The largest absolute Gasteiger partial charge is 0.304 e. The third-order valence-electron chi connectivity index (χ3n) is 3.48. The summed E-state index contributed by atoms with van der Waals surface area (Å²) >= 11 is 0. The van der Waals surface area contributed by atoms with Gasteiger partial charge in [-0.3, -0.25) is 0 Å². The Hall–Kier alpha value is -0.860. The number of hydrogen-bond acceptors (Lipinski definition) is 2. The Labute approximate surface area is 85.0 Å². The molecule has 1 aromatic carbocycles. The molecule has 76 valence electrons.